The average Bonchev–Trinajstić information content (AvgIpc) is 3.00. The van der Waals surface area contributed by atoms with Gasteiger partial charge in [-0.2, -0.15) is 0 Å². The number of anilines is 1. The minimum Gasteiger partial charge on any atom is -0.478 e. The van der Waals surface area contributed by atoms with Crippen LogP contribution in [0.3, 0.4) is 0 Å². The number of fused-ring (bicyclic) bond motifs is 3. The van der Waals surface area contributed by atoms with Crippen molar-refractivity contribution in [3.05, 3.63) is 72.8 Å². The first kappa shape index (κ1) is 16.2. The van der Waals surface area contributed by atoms with Gasteiger partial charge in [0.2, 0.25) is 0 Å². The van der Waals surface area contributed by atoms with E-state index in [1.165, 1.54) is 0 Å². The van der Waals surface area contributed by atoms with Gasteiger partial charge in [-0.15, -0.1) is 0 Å². The molecule has 0 saturated heterocycles. The second-order valence-electron chi connectivity index (χ2n) is 6.69. The predicted molar refractivity (Wildman–Crippen MR) is 103 cm³/mol. The molecule has 0 aliphatic carbocycles. The fourth-order valence-corrected chi connectivity index (χ4v) is 2.91. The molecule has 0 aliphatic heterocycles. The third kappa shape index (κ3) is 3.02. The van der Waals surface area contributed by atoms with E-state index in [-0.39, 0.29) is 5.91 Å². The van der Waals surface area contributed by atoms with Gasteiger partial charge in [-0.05, 0) is 44.2 Å². The van der Waals surface area contributed by atoms with Gasteiger partial charge in [-0.3, -0.25) is 4.79 Å². The number of rotatable bonds is 4. The van der Waals surface area contributed by atoms with Crippen molar-refractivity contribution in [2.45, 2.75) is 19.4 Å². The van der Waals surface area contributed by atoms with E-state index in [9.17, 15) is 4.79 Å². The molecule has 0 fully saturated rings. The summed E-state index contributed by atoms with van der Waals surface area (Å²) < 4.78 is 11.7. The summed E-state index contributed by atoms with van der Waals surface area (Å²) in [7, 11) is 0. The number of benzene rings is 3. The summed E-state index contributed by atoms with van der Waals surface area (Å²) in [6.45, 7) is 3.49. The monoisotopic (exact) mass is 345 g/mol. The lowest BCUT2D eigenvalue weighted by Crippen LogP contribution is -2.42. The maximum absolute atomic E-state index is 12.7. The molecule has 130 valence electrons. The van der Waals surface area contributed by atoms with Gasteiger partial charge in [0.1, 0.15) is 16.9 Å². The van der Waals surface area contributed by atoms with Crippen molar-refractivity contribution in [1.82, 2.24) is 0 Å². The van der Waals surface area contributed by atoms with Crippen LogP contribution in [0.1, 0.15) is 13.8 Å². The quantitative estimate of drug-likeness (QED) is 0.540. The summed E-state index contributed by atoms with van der Waals surface area (Å²) in [5.41, 5.74) is 1.24. The maximum Gasteiger partial charge on any atom is 0.267 e. The van der Waals surface area contributed by atoms with Gasteiger partial charge in [0.15, 0.2) is 5.60 Å². The third-order valence-electron chi connectivity index (χ3n) is 4.30. The van der Waals surface area contributed by atoms with Crippen LogP contribution in [0.5, 0.6) is 5.75 Å². The van der Waals surface area contributed by atoms with Crippen LogP contribution in [-0.2, 0) is 4.79 Å². The Morgan fingerprint density at radius 2 is 1.58 bits per heavy atom. The van der Waals surface area contributed by atoms with Crippen LogP contribution in [0, 0.1) is 0 Å². The summed E-state index contributed by atoms with van der Waals surface area (Å²) in [6.07, 6.45) is 0. The molecule has 4 heteroatoms. The van der Waals surface area contributed by atoms with Crippen LogP contribution in [0.15, 0.2) is 77.2 Å². The molecule has 3 aromatic carbocycles. The van der Waals surface area contributed by atoms with Gasteiger partial charge in [0.25, 0.3) is 5.91 Å². The molecule has 26 heavy (non-hydrogen) atoms. The van der Waals surface area contributed by atoms with E-state index in [4.69, 9.17) is 9.15 Å². The number of ether oxygens (including phenoxy) is 1. The van der Waals surface area contributed by atoms with Crippen LogP contribution in [0.25, 0.3) is 21.9 Å². The van der Waals surface area contributed by atoms with Crippen molar-refractivity contribution in [2.75, 3.05) is 5.32 Å². The molecule has 1 amide bonds. The first-order valence-electron chi connectivity index (χ1n) is 8.50. The van der Waals surface area contributed by atoms with Gasteiger partial charge < -0.3 is 14.5 Å². The molecule has 4 aromatic rings. The highest BCUT2D eigenvalue weighted by Crippen LogP contribution is 2.30. The number of para-hydroxylation sites is 2. The summed E-state index contributed by atoms with van der Waals surface area (Å²) in [4.78, 5) is 12.7. The number of carbonyl (C=O) groups excluding carboxylic acids is 1. The van der Waals surface area contributed by atoms with Crippen molar-refractivity contribution >= 4 is 33.5 Å². The van der Waals surface area contributed by atoms with Crippen LogP contribution >= 0.6 is 0 Å². The Kier molecular flexibility index (Phi) is 3.88. The summed E-state index contributed by atoms with van der Waals surface area (Å²) >= 11 is 0. The van der Waals surface area contributed by atoms with Gasteiger partial charge in [0, 0.05) is 22.5 Å². The van der Waals surface area contributed by atoms with E-state index in [0.29, 0.717) is 11.4 Å². The van der Waals surface area contributed by atoms with Crippen LogP contribution < -0.4 is 10.1 Å². The highest BCUT2D eigenvalue weighted by molar-refractivity contribution is 6.06. The van der Waals surface area contributed by atoms with E-state index in [0.717, 1.165) is 21.9 Å². The fourth-order valence-electron chi connectivity index (χ4n) is 2.91. The lowest BCUT2D eigenvalue weighted by molar-refractivity contribution is -0.128. The number of nitrogens with one attached hydrogen (secondary N) is 1. The topological polar surface area (TPSA) is 51.5 Å². The van der Waals surface area contributed by atoms with Crippen LogP contribution in [0.2, 0.25) is 0 Å². The Labute approximate surface area is 151 Å². The van der Waals surface area contributed by atoms with Gasteiger partial charge in [0.05, 0.1) is 0 Å². The molecule has 0 unspecified atom stereocenters. The number of amides is 1. The molecule has 0 spiro atoms. The van der Waals surface area contributed by atoms with E-state index in [1.807, 2.05) is 72.8 Å². The predicted octanol–water partition coefficient (Wildman–Crippen LogP) is 5.38. The largest absolute Gasteiger partial charge is 0.478 e. The SMILES string of the molecule is CC(C)(Oc1ccccc1)C(=O)Nc1ccc2c(c1)oc1ccccc12. The van der Waals surface area contributed by atoms with E-state index in [1.54, 1.807) is 13.8 Å². The maximum atomic E-state index is 12.7. The van der Waals surface area contributed by atoms with Crippen molar-refractivity contribution in [3.8, 4) is 5.75 Å². The molecule has 4 rings (SSSR count). The average molecular weight is 345 g/mol. The third-order valence-corrected chi connectivity index (χ3v) is 4.30. The standard InChI is InChI=1S/C22H19NO3/c1-22(2,26-16-8-4-3-5-9-16)21(24)23-15-12-13-18-17-10-6-7-11-19(17)25-20(18)14-15/h3-14H,1-2H3,(H,23,24). The molecular formula is C22H19NO3. The van der Waals surface area contributed by atoms with Crippen molar-refractivity contribution in [3.63, 3.8) is 0 Å². The highest BCUT2D eigenvalue weighted by Gasteiger charge is 2.30. The molecule has 0 saturated carbocycles. The minimum atomic E-state index is -1.01. The molecule has 1 N–H and O–H groups in total. The Morgan fingerprint density at radius 1 is 0.885 bits per heavy atom. The number of hydrogen-bond donors (Lipinski definition) is 1. The van der Waals surface area contributed by atoms with Gasteiger partial charge >= 0.3 is 0 Å². The second kappa shape index (κ2) is 6.23. The smallest absolute Gasteiger partial charge is 0.267 e. The zero-order valence-corrected chi connectivity index (χ0v) is 14.7. The minimum absolute atomic E-state index is 0.225. The zero-order valence-electron chi connectivity index (χ0n) is 14.7. The molecule has 0 radical (unpaired) electrons. The molecule has 1 aromatic heterocycles. The first-order valence-corrected chi connectivity index (χ1v) is 8.50. The number of hydrogen-bond acceptors (Lipinski definition) is 3. The lowest BCUT2D eigenvalue weighted by Gasteiger charge is -2.25. The molecule has 0 aliphatic rings. The molecule has 0 bridgehead atoms. The van der Waals surface area contributed by atoms with Crippen molar-refractivity contribution in [2.24, 2.45) is 0 Å². The van der Waals surface area contributed by atoms with E-state index in [2.05, 4.69) is 5.32 Å². The fraction of sp³-hybridized carbons (Fsp3) is 0.136. The zero-order chi connectivity index (χ0) is 18.1. The Hall–Kier alpha value is -3.27. The van der Waals surface area contributed by atoms with Crippen LogP contribution in [-0.4, -0.2) is 11.5 Å². The summed E-state index contributed by atoms with van der Waals surface area (Å²) in [5.74, 6) is 0.428. The van der Waals surface area contributed by atoms with Crippen molar-refractivity contribution in [1.29, 1.82) is 0 Å². The Balaban J connectivity index is 1.57. The molecule has 0 atom stereocenters. The second-order valence-corrected chi connectivity index (χ2v) is 6.69. The van der Waals surface area contributed by atoms with E-state index < -0.39 is 5.60 Å². The molecular weight excluding hydrogens is 326 g/mol. The highest BCUT2D eigenvalue weighted by atomic mass is 16.5. The van der Waals surface area contributed by atoms with Gasteiger partial charge in [-0.25, -0.2) is 0 Å². The first-order chi connectivity index (χ1) is 12.5. The van der Waals surface area contributed by atoms with Gasteiger partial charge in [-0.1, -0.05) is 36.4 Å². The molecule has 1 heterocycles. The number of carbonyl (C=O) groups is 1. The van der Waals surface area contributed by atoms with E-state index >= 15 is 0 Å². The Morgan fingerprint density at radius 3 is 2.38 bits per heavy atom. The lowest BCUT2D eigenvalue weighted by atomic mass is 10.1. The Bertz CT molecular complexity index is 1080. The normalized spacial score (nSPS) is 11.6. The summed E-state index contributed by atoms with van der Waals surface area (Å²) in [5, 5.41) is 5.00. The molecule has 4 nitrogen and oxygen atoms in total. The number of furan rings is 1. The summed E-state index contributed by atoms with van der Waals surface area (Å²) in [6, 6.07) is 22.9. The van der Waals surface area contributed by atoms with Crippen LogP contribution in [0.4, 0.5) is 5.69 Å². The van der Waals surface area contributed by atoms with Crippen molar-refractivity contribution < 1.29 is 13.9 Å².